The Hall–Kier alpha value is -1.13. The monoisotopic (exact) mass is 304 g/mol. The highest BCUT2D eigenvalue weighted by Gasteiger charge is 2.15. The van der Waals surface area contributed by atoms with E-state index in [4.69, 9.17) is 27.9 Å². The van der Waals surface area contributed by atoms with Crippen LogP contribution in [0.15, 0.2) is 18.2 Å². The van der Waals surface area contributed by atoms with Crippen LogP contribution in [0.5, 0.6) is 0 Å². The first-order chi connectivity index (χ1) is 8.79. The van der Waals surface area contributed by atoms with Crippen LogP contribution in [0.25, 0.3) is 0 Å². The zero-order valence-corrected chi connectivity index (χ0v) is 12.7. The van der Waals surface area contributed by atoms with E-state index < -0.39 is 11.7 Å². The molecular formula is C13H18Cl2N2O2. The van der Waals surface area contributed by atoms with Crippen LogP contribution in [0.3, 0.4) is 0 Å². The Bertz CT molecular complexity index is 425. The van der Waals surface area contributed by atoms with E-state index in [0.29, 0.717) is 28.8 Å². The van der Waals surface area contributed by atoms with Gasteiger partial charge in [-0.25, -0.2) is 4.79 Å². The second kappa shape index (κ2) is 6.87. The summed E-state index contributed by atoms with van der Waals surface area (Å²) < 4.78 is 5.11. The topological polar surface area (TPSA) is 50.4 Å². The molecule has 4 nitrogen and oxygen atoms in total. The molecule has 0 spiro atoms. The second-order valence-corrected chi connectivity index (χ2v) is 5.77. The summed E-state index contributed by atoms with van der Waals surface area (Å²) in [5.74, 6) is 0. The largest absolute Gasteiger partial charge is 0.444 e. The third-order valence-corrected chi connectivity index (χ3v) is 2.69. The average Bonchev–Trinajstić information content (AvgIpc) is 2.25. The third kappa shape index (κ3) is 6.03. The van der Waals surface area contributed by atoms with E-state index in [1.807, 2.05) is 20.8 Å². The molecule has 19 heavy (non-hydrogen) atoms. The molecule has 0 heterocycles. The highest BCUT2D eigenvalue weighted by atomic mass is 35.5. The molecule has 0 atom stereocenters. The Morgan fingerprint density at radius 1 is 1.21 bits per heavy atom. The van der Waals surface area contributed by atoms with Gasteiger partial charge in [-0.2, -0.15) is 0 Å². The normalized spacial score (nSPS) is 11.0. The molecular weight excluding hydrogens is 287 g/mol. The first-order valence-electron chi connectivity index (χ1n) is 5.94. The number of hydrogen-bond donors (Lipinski definition) is 2. The quantitative estimate of drug-likeness (QED) is 0.829. The van der Waals surface area contributed by atoms with Crippen LogP contribution < -0.4 is 10.6 Å². The van der Waals surface area contributed by atoms with Crippen molar-refractivity contribution in [2.24, 2.45) is 0 Å². The molecule has 0 aliphatic rings. The van der Waals surface area contributed by atoms with Gasteiger partial charge >= 0.3 is 6.09 Å². The molecule has 0 unspecified atom stereocenters. The number of nitrogens with one attached hydrogen (secondary N) is 2. The van der Waals surface area contributed by atoms with E-state index in [-0.39, 0.29) is 0 Å². The highest BCUT2D eigenvalue weighted by Crippen LogP contribution is 2.29. The van der Waals surface area contributed by atoms with Gasteiger partial charge in [0, 0.05) is 13.1 Å². The number of anilines is 1. The fourth-order valence-corrected chi connectivity index (χ4v) is 1.86. The maximum atomic E-state index is 11.4. The molecule has 1 aromatic rings. The van der Waals surface area contributed by atoms with Crippen LogP contribution in [0.4, 0.5) is 10.5 Å². The molecule has 0 radical (unpaired) electrons. The van der Waals surface area contributed by atoms with Crippen molar-refractivity contribution in [1.82, 2.24) is 5.32 Å². The molecule has 1 rings (SSSR count). The summed E-state index contributed by atoms with van der Waals surface area (Å²) in [7, 11) is 0. The van der Waals surface area contributed by atoms with Gasteiger partial charge in [0.2, 0.25) is 0 Å². The number of halogens is 2. The molecule has 0 aliphatic carbocycles. The van der Waals surface area contributed by atoms with Crippen molar-refractivity contribution in [2.45, 2.75) is 26.4 Å². The minimum absolute atomic E-state index is 0.413. The number of alkyl carbamates (subject to hydrolysis) is 1. The van der Waals surface area contributed by atoms with Crippen molar-refractivity contribution in [3.63, 3.8) is 0 Å². The molecule has 1 amide bonds. The van der Waals surface area contributed by atoms with E-state index in [9.17, 15) is 4.79 Å². The van der Waals surface area contributed by atoms with Crippen molar-refractivity contribution in [3.05, 3.63) is 28.2 Å². The van der Waals surface area contributed by atoms with Crippen LogP contribution in [0.1, 0.15) is 20.8 Å². The number of carbonyl (C=O) groups is 1. The number of rotatable bonds is 4. The lowest BCUT2D eigenvalue weighted by molar-refractivity contribution is 0.0530. The van der Waals surface area contributed by atoms with Gasteiger partial charge in [-0.05, 0) is 32.9 Å². The fourth-order valence-electron chi connectivity index (χ4n) is 1.33. The van der Waals surface area contributed by atoms with Crippen molar-refractivity contribution < 1.29 is 9.53 Å². The summed E-state index contributed by atoms with van der Waals surface area (Å²) >= 11 is 12.0. The lowest BCUT2D eigenvalue weighted by atomic mass is 10.2. The van der Waals surface area contributed by atoms with Gasteiger partial charge < -0.3 is 15.4 Å². The molecule has 0 aliphatic heterocycles. The average molecular weight is 305 g/mol. The predicted molar refractivity (Wildman–Crippen MR) is 79.2 cm³/mol. The summed E-state index contributed by atoms with van der Waals surface area (Å²) in [6.45, 7) is 6.36. The fraction of sp³-hybridized carbons (Fsp3) is 0.462. The predicted octanol–water partition coefficient (Wildman–Crippen LogP) is 3.93. The van der Waals surface area contributed by atoms with Gasteiger partial charge in [-0.1, -0.05) is 29.3 Å². The molecule has 0 saturated carbocycles. The lowest BCUT2D eigenvalue weighted by Crippen LogP contribution is -2.35. The zero-order chi connectivity index (χ0) is 14.5. The van der Waals surface area contributed by atoms with Crippen LogP contribution in [0.2, 0.25) is 10.0 Å². The van der Waals surface area contributed by atoms with Crippen molar-refractivity contribution in [1.29, 1.82) is 0 Å². The van der Waals surface area contributed by atoms with E-state index in [1.165, 1.54) is 0 Å². The van der Waals surface area contributed by atoms with Gasteiger partial charge in [0.25, 0.3) is 0 Å². The van der Waals surface area contributed by atoms with Gasteiger partial charge in [0.1, 0.15) is 5.60 Å². The van der Waals surface area contributed by atoms with Crippen LogP contribution in [0, 0.1) is 0 Å². The molecule has 0 saturated heterocycles. The van der Waals surface area contributed by atoms with E-state index in [1.54, 1.807) is 18.2 Å². The molecule has 0 bridgehead atoms. The number of carbonyl (C=O) groups excluding carboxylic acids is 1. The van der Waals surface area contributed by atoms with Gasteiger partial charge in [-0.15, -0.1) is 0 Å². The molecule has 0 fully saturated rings. The SMILES string of the molecule is CC(C)(C)OC(=O)NCCNc1c(Cl)cccc1Cl. The standard InChI is InChI=1S/C13H18Cl2N2O2/c1-13(2,3)19-12(18)17-8-7-16-11-9(14)5-4-6-10(11)15/h4-6,16H,7-8H2,1-3H3,(H,17,18). The molecule has 0 aromatic heterocycles. The number of ether oxygens (including phenoxy) is 1. The Labute approximate surface area is 123 Å². The Morgan fingerprint density at radius 2 is 1.79 bits per heavy atom. The van der Waals surface area contributed by atoms with Gasteiger partial charge in [0.15, 0.2) is 0 Å². The Balaban J connectivity index is 2.34. The van der Waals surface area contributed by atoms with Crippen molar-refractivity contribution in [3.8, 4) is 0 Å². The smallest absolute Gasteiger partial charge is 0.407 e. The maximum Gasteiger partial charge on any atom is 0.407 e. The number of amides is 1. The zero-order valence-electron chi connectivity index (χ0n) is 11.2. The highest BCUT2D eigenvalue weighted by molar-refractivity contribution is 6.39. The van der Waals surface area contributed by atoms with Crippen molar-refractivity contribution >= 4 is 35.0 Å². The van der Waals surface area contributed by atoms with E-state index >= 15 is 0 Å². The van der Waals surface area contributed by atoms with Gasteiger partial charge in [0.05, 0.1) is 15.7 Å². The van der Waals surface area contributed by atoms with Gasteiger partial charge in [-0.3, -0.25) is 0 Å². The Kier molecular flexibility index (Phi) is 5.76. The number of para-hydroxylation sites is 1. The third-order valence-electron chi connectivity index (χ3n) is 2.06. The van der Waals surface area contributed by atoms with Crippen molar-refractivity contribution in [2.75, 3.05) is 18.4 Å². The first kappa shape index (κ1) is 15.9. The van der Waals surface area contributed by atoms with E-state index in [2.05, 4.69) is 10.6 Å². The van der Waals surface area contributed by atoms with Crippen LogP contribution >= 0.6 is 23.2 Å². The number of hydrogen-bond acceptors (Lipinski definition) is 3. The van der Waals surface area contributed by atoms with Crippen LogP contribution in [-0.4, -0.2) is 24.8 Å². The number of benzene rings is 1. The molecule has 1 aromatic carbocycles. The first-order valence-corrected chi connectivity index (χ1v) is 6.70. The summed E-state index contributed by atoms with van der Waals surface area (Å²) in [6.07, 6.45) is -0.445. The lowest BCUT2D eigenvalue weighted by Gasteiger charge is -2.19. The summed E-state index contributed by atoms with van der Waals surface area (Å²) in [6, 6.07) is 5.27. The summed E-state index contributed by atoms with van der Waals surface area (Å²) in [5.41, 5.74) is 0.167. The molecule has 6 heteroatoms. The minimum Gasteiger partial charge on any atom is -0.444 e. The second-order valence-electron chi connectivity index (χ2n) is 4.95. The Morgan fingerprint density at radius 3 is 2.32 bits per heavy atom. The summed E-state index contributed by atoms with van der Waals surface area (Å²) in [5, 5.41) is 6.80. The minimum atomic E-state index is -0.496. The maximum absolute atomic E-state index is 11.4. The van der Waals surface area contributed by atoms with E-state index in [0.717, 1.165) is 0 Å². The molecule has 2 N–H and O–H groups in total. The van der Waals surface area contributed by atoms with Crippen LogP contribution in [-0.2, 0) is 4.74 Å². The summed E-state index contributed by atoms with van der Waals surface area (Å²) in [4.78, 5) is 11.4. The molecule has 106 valence electrons.